The number of anilines is 1. The molecule has 6 nitrogen and oxygen atoms in total. The first-order valence-corrected chi connectivity index (χ1v) is 10.4. The van der Waals surface area contributed by atoms with Crippen molar-refractivity contribution in [1.29, 1.82) is 0 Å². The second kappa shape index (κ2) is 10.5. The van der Waals surface area contributed by atoms with Crippen molar-refractivity contribution in [2.45, 2.75) is 38.6 Å². The first-order chi connectivity index (χ1) is 12.7. The van der Waals surface area contributed by atoms with Gasteiger partial charge in [0.25, 0.3) is 15.9 Å². The van der Waals surface area contributed by atoms with Crippen LogP contribution < -0.4 is 15.4 Å². The van der Waals surface area contributed by atoms with Gasteiger partial charge in [0.1, 0.15) is 0 Å². The van der Waals surface area contributed by atoms with Gasteiger partial charge < -0.3 is 10.6 Å². The molecule has 8 heteroatoms. The van der Waals surface area contributed by atoms with E-state index in [1.165, 1.54) is 6.07 Å². The van der Waals surface area contributed by atoms with Crippen molar-refractivity contribution in [3.8, 4) is 0 Å². The van der Waals surface area contributed by atoms with E-state index in [0.29, 0.717) is 23.4 Å². The van der Waals surface area contributed by atoms with Gasteiger partial charge in [0.2, 0.25) is 0 Å². The number of likely N-dealkylation sites (N-methyl/N-ethyl adjacent to an activating group) is 1. The summed E-state index contributed by atoms with van der Waals surface area (Å²) in [5, 5.41) is 6.03. The van der Waals surface area contributed by atoms with Crippen LogP contribution in [0.25, 0.3) is 0 Å². The largest absolute Gasteiger partial charge is 0.350 e. The number of halogens is 1. The van der Waals surface area contributed by atoms with Gasteiger partial charge in [-0.2, -0.15) is 0 Å². The van der Waals surface area contributed by atoms with E-state index in [1.54, 1.807) is 37.3 Å². The van der Waals surface area contributed by atoms with Gasteiger partial charge in [-0.1, -0.05) is 25.1 Å². The van der Waals surface area contributed by atoms with Crippen LogP contribution in [0.4, 0.5) is 5.69 Å². The lowest BCUT2D eigenvalue weighted by molar-refractivity contribution is 0.0950. The number of sulfonamides is 1. The molecule has 0 spiro atoms. The Kier molecular flexibility index (Phi) is 8.94. The van der Waals surface area contributed by atoms with Crippen LogP contribution in [0.2, 0.25) is 0 Å². The predicted molar refractivity (Wildman–Crippen MR) is 116 cm³/mol. The second-order valence-corrected chi connectivity index (χ2v) is 8.27. The number of amides is 1. The van der Waals surface area contributed by atoms with Crippen molar-refractivity contribution in [2.75, 3.05) is 17.8 Å². The highest BCUT2D eigenvalue weighted by Gasteiger charge is 2.19. The zero-order chi connectivity index (χ0) is 20.0. The minimum absolute atomic E-state index is 0. The minimum atomic E-state index is -3.80. The third kappa shape index (κ3) is 6.51. The molecule has 2 aromatic rings. The molecule has 0 saturated carbocycles. The highest BCUT2D eigenvalue weighted by atomic mass is 35.5. The van der Waals surface area contributed by atoms with E-state index in [4.69, 9.17) is 0 Å². The Bertz CT molecular complexity index is 917. The Hall–Kier alpha value is -2.09. The monoisotopic (exact) mass is 425 g/mol. The third-order valence-corrected chi connectivity index (χ3v) is 5.65. The SMILES string of the molecule is CCN[C@H](C)CNC(=O)c1ccc(C)c(S(=O)(=O)Nc2cccc(C)c2)c1.Cl. The van der Waals surface area contributed by atoms with E-state index >= 15 is 0 Å². The van der Waals surface area contributed by atoms with Crippen molar-refractivity contribution in [2.24, 2.45) is 0 Å². The number of carbonyl (C=O) groups is 1. The summed E-state index contributed by atoms with van der Waals surface area (Å²) in [5.41, 5.74) is 2.33. The van der Waals surface area contributed by atoms with E-state index in [1.807, 2.05) is 26.8 Å². The highest BCUT2D eigenvalue weighted by molar-refractivity contribution is 7.92. The molecular weight excluding hydrogens is 398 g/mol. The van der Waals surface area contributed by atoms with E-state index in [0.717, 1.165) is 12.1 Å². The Morgan fingerprint density at radius 1 is 1.11 bits per heavy atom. The zero-order valence-electron chi connectivity index (χ0n) is 16.6. The van der Waals surface area contributed by atoms with Gasteiger partial charge in [-0.3, -0.25) is 9.52 Å². The Balaban J connectivity index is 0.00000392. The number of hydrogen-bond acceptors (Lipinski definition) is 4. The van der Waals surface area contributed by atoms with Crippen LogP contribution in [0, 0.1) is 13.8 Å². The van der Waals surface area contributed by atoms with Crippen LogP contribution in [0.1, 0.15) is 35.3 Å². The maximum Gasteiger partial charge on any atom is 0.262 e. The van der Waals surface area contributed by atoms with Crippen molar-refractivity contribution in [1.82, 2.24) is 10.6 Å². The van der Waals surface area contributed by atoms with Crippen LogP contribution >= 0.6 is 12.4 Å². The lowest BCUT2D eigenvalue weighted by atomic mass is 10.1. The molecule has 3 N–H and O–H groups in total. The molecule has 0 aromatic heterocycles. The lowest BCUT2D eigenvalue weighted by Gasteiger charge is -2.15. The van der Waals surface area contributed by atoms with Gasteiger partial charge in [-0.25, -0.2) is 8.42 Å². The molecule has 0 fully saturated rings. The van der Waals surface area contributed by atoms with Crippen molar-refractivity contribution < 1.29 is 13.2 Å². The van der Waals surface area contributed by atoms with Crippen LogP contribution in [-0.2, 0) is 10.0 Å². The fraction of sp³-hybridized carbons (Fsp3) is 0.350. The van der Waals surface area contributed by atoms with Gasteiger partial charge in [0, 0.05) is 23.8 Å². The number of aryl methyl sites for hydroxylation is 2. The summed E-state index contributed by atoms with van der Waals surface area (Å²) >= 11 is 0. The minimum Gasteiger partial charge on any atom is -0.350 e. The standard InChI is InChI=1S/C20H27N3O3S.ClH/c1-5-21-16(4)13-22-20(24)17-10-9-15(3)19(12-17)27(25,26)23-18-8-6-7-14(2)11-18;/h6-12,16,21,23H,5,13H2,1-4H3,(H,22,24);1H/t16-;/m1./s1. The van der Waals surface area contributed by atoms with Crippen molar-refractivity contribution in [3.63, 3.8) is 0 Å². The van der Waals surface area contributed by atoms with Gasteiger partial charge in [0.05, 0.1) is 4.90 Å². The Labute approximate surface area is 173 Å². The molecule has 0 unspecified atom stereocenters. The van der Waals surface area contributed by atoms with Crippen molar-refractivity contribution >= 4 is 34.0 Å². The maximum atomic E-state index is 12.8. The fourth-order valence-electron chi connectivity index (χ4n) is 2.72. The molecule has 1 atom stereocenters. The number of hydrogen-bond donors (Lipinski definition) is 3. The summed E-state index contributed by atoms with van der Waals surface area (Å²) < 4.78 is 28.2. The average Bonchev–Trinajstić information content (AvgIpc) is 2.59. The Morgan fingerprint density at radius 2 is 1.82 bits per heavy atom. The molecular formula is C20H28ClN3O3S. The first kappa shape index (κ1) is 23.9. The molecule has 2 aromatic carbocycles. The first-order valence-electron chi connectivity index (χ1n) is 8.94. The molecule has 0 aliphatic rings. The van der Waals surface area contributed by atoms with E-state index in [-0.39, 0.29) is 29.3 Å². The summed E-state index contributed by atoms with van der Waals surface area (Å²) in [6.07, 6.45) is 0. The van der Waals surface area contributed by atoms with E-state index in [2.05, 4.69) is 15.4 Å². The quantitative estimate of drug-likeness (QED) is 0.605. The zero-order valence-corrected chi connectivity index (χ0v) is 18.2. The molecule has 1 amide bonds. The fourth-order valence-corrected chi connectivity index (χ4v) is 4.04. The number of carbonyl (C=O) groups excluding carboxylic acids is 1. The van der Waals surface area contributed by atoms with E-state index < -0.39 is 10.0 Å². The molecule has 0 aliphatic carbocycles. The highest BCUT2D eigenvalue weighted by Crippen LogP contribution is 2.21. The molecule has 0 aliphatic heterocycles. The molecule has 0 radical (unpaired) electrons. The van der Waals surface area contributed by atoms with Gasteiger partial charge in [-0.15, -0.1) is 12.4 Å². The second-order valence-electron chi connectivity index (χ2n) is 6.62. The summed E-state index contributed by atoms with van der Waals surface area (Å²) in [7, 11) is -3.80. The number of rotatable bonds is 8. The summed E-state index contributed by atoms with van der Waals surface area (Å²) in [6, 6.07) is 12.0. The number of benzene rings is 2. The van der Waals surface area contributed by atoms with Crippen LogP contribution in [0.15, 0.2) is 47.4 Å². The average molecular weight is 426 g/mol. The molecule has 0 bridgehead atoms. The van der Waals surface area contributed by atoms with Crippen molar-refractivity contribution in [3.05, 3.63) is 59.2 Å². The molecule has 28 heavy (non-hydrogen) atoms. The van der Waals surface area contributed by atoms with Crippen LogP contribution in [-0.4, -0.2) is 33.5 Å². The summed E-state index contributed by atoms with van der Waals surface area (Å²) in [6.45, 7) is 8.85. The normalized spacial score (nSPS) is 12.0. The van der Waals surface area contributed by atoms with Gasteiger partial charge >= 0.3 is 0 Å². The molecule has 154 valence electrons. The van der Waals surface area contributed by atoms with Crippen LogP contribution in [0.3, 0.4) is 0 Å². The smallest absolute Gasteiger partial charge is 0.262 e. The van der Waals surface area contributed by atoms with E-state index in [9.17, 15) is 13.2 Å². The maximum absolute atomic E-state index is 12.8. The predicted octanol–water partition coefficient (Wildman–Crippen LogP) is 3.25. The lowest BCUT2D eigenvalue weighted by Crippen LogP contribution is -2.38. The summed E-state index contributed by atoms with van der Waals surface area (Å²) in [5.74, 6) is -0.299. The molecule has 0 heterocycles. The van der Waals surface area contributed by atoms with Crippen LogP contribution in [0.5, 0.6) is 0 Å². The molecule has 2 rings (SSSR count). The molecule has 0 saturated heterocycles. The summed E-state index contributed by atoms with van der Waals surface area (Å²) in [4.78, 5) is 12.5. The van der Waals surface area contributed by atoms with Gasteiger partial charge in [0.15, 0.2) is 0 Å². The van der Waals surface area contributed by atoms with Gasteiger partial charge in [-0.05, 0) is 62.7 Å². The Morgan fingerprint density at radius 3 is 2.46 bits per heavy atom. The topological polar surface area (TPSA) is 87.3 Å². The third-order valence-electron chi connectivity index (χ3n) is 4.13. The number of nitrogens with one attached hydrogen (secondary N) is 3.